The number of hydrogen-bond donors (Lipinski definition) is 1. The van der Waals surface area contributed by atoms with E-state index in [9.17, 15) is 28.3 Å². The number of thiazole rings is 1. The summed E-state index contributed by atoms with van der Waals surface area (Å²) in [6.07, 6.45) is 0. The number of nitrogens with zero attached hydrogens (tertiary/aromatic N) is 2. The van der Waals surface area contributed by atoms with E-state index in [1.165, 1.54) is 24.3 Å². The molecule has 174 valence electrons. The maximum atomic E-state index is 13.6. The molecule has 7 nitrogen and oxygen atoms in total. The van der Waals surface area contributed by atoms with Crippen molar-refractivity contribution in [1.82, 2.24) is 4.98 Å². The molecule has 0 aliphatic carbocycles. The maximum Gasteiger partial charge on any atom is 0.350 e. The third-order valence-electron chi connectivity index (χ3n) is 5.20. The lowest BCUT2D eigenvalue weighted by molar-refractivity contribution is -0.132. The highest BCUT2D eigenvalue weighted by Crippen LogP contribution is 2.43. The molecule has 3 aromatic rings. The van der Waals surface area contributed by atoms with Gasteiger partial charge in [0.15, 0.2) is 5.13 Å². The van der Waals surface area contributed by atoms with Crippen LogP contribution in [0, 0.1) is 18.6 Å². The van der Waals surface area contributed by atoms with Crippen LogP contribution in [-0.4, -0.2) is 34.4 Å². The van der Waals surface area contributed by atoms with Gasteiger partial charge in [0.25, 0.3) is 5.78 Å². The van der Waals surface area contributed by atoms with Gasteiger partial charge in [0.2, 0.25) is 0 Å². The quantitative estimate of drug-likeness (QED) is 0.247. The second-order valence-electron chi connectivity index (χ2n) is 7.36. The number of hydrogen-bond acceptors (Lipinski definition) is 7. The highest BCUT2D eigenvalue weighted by molar-refractivity contribution is 7.17. The number of ether oxygens (including phenoxy) is 1. The van der Waals surface area contributed by atoms with Crippen molar-refractivity contribution in [3.63, 3.8) is 0 Å². The van der Waals surface area contributed by atoms with Crippen LogP contribution in [0.2, 0.25) is 0 Å². The average Bonchev–Trinajstić information content (AvgIpc) is 3.31. The molecule has 10 heteroatoms. The number of aliphatic hydroxyl groups is 1. The number of esters is 1. The molecule has 34 heavy (non-hydrogen) atoms. The zero-order valence-corrected chi connectivity index (χ0v) is 18.9. The lowest BCUT2D eigenvalue weighted by atomic mass is 9.95. The molecule has 0 bridgehead atoms. The van der Waals surface area contributed by atoms with Gasteiger partial charge in [-0.15, -0.1) is 0 Å². The summed E-state index contributed by atoms with van der Waals surface area (Å²) in [6.45, 7) is 3.36. The number of amides is 1. The Bertz CT molecular complexity index is 1320. The van der Waals surface area contributed by atoms with Gasteiger partial charge in [-0.1, -0.05) is 23.5 Å². The van der Waals surface area contributed by atoms with Gasteiger partial charge >= 0.3 is 11.9 Å². The first-order valence-electron chi connectivity index (χ1n) is 10.2. The van der Waals surface area contributed by atoms with Crippen LogP contribution >= 0.6 is 11.3 Å². The zero-order chi connectivity index (χ0) is 24.6. The number of aliphatic hydroxyl groups excluding tert-OH is 1. The van der Waals surface area contributed by atoms with Gasteiger partial charge in [-0.05, 0) is 55.8 Å². The smallest absolute Gasteiger partial charge is 0.350 e. The third kappa shape index (κ3) is 4.08. The molecule has 1 aliphatic rings. The van der Waals surface area contributed by atoms with E-state index in [1.807, 2.05) is 0 Å². The summed E-state index contributed by atoms with van der Waals surface area (Å²) in [5.41, 5.74) is 0.481. The lowest BCUT2D eigenvalue weighted by Crippen LogP contribution is -2.29. The van der Waals surface area contributed by atoms with Crippen LogP contribution in [0.15, 0.2) is 54.1 Å². The van der Waals surface area contributed by atoms with Crippen molar-refractivity contribution in [2.24, 2.45) is 0 Å². The fourth-order valence-electron chi connectivity index (χ4n) is 3.62. The summed E-state index contributed by atoms with van der Waals surface area (Å²) in [5.74, 6) is -4.20. The van der Waals surface area contributed by atoms with Gasteiger partial charge in [0.05, 0.1) is 23.9 Å². The minimum absolute atomic E-state index is 0.0372. The standard InChI is InChI=1S/C24H18F2N2O5S/c1-3-33-23(32)21-12(2)27-24(34-21)28-18(13-4-8-15(25)9-5-13)17(20(30)22(28)31)19(29)14-6-10-16(26)11-7-14/h4-11,18,29H,3H2,1-2H3/b19-17+. The normalized spacial score (nSPS) is 17.3. The first-order chi connectivity index (χ1) is 16.2. The summed E-state index contributed by atoms with van der Waals surface area (Å²) < 4.78 is 32.0. The van der Waals surface area contributed by atoms with Gasteiger partial charge in [0.1, 0.15) is 22.3 Å². The lowest BCUT2D eigenvalue weighted by Gasteiger charge is -2.23. The van der Waals surface area contributed by atoms with Crippen LogP contribution < -0.4 is 4.90 Å². The van der Waals surface area contributed by atoms with E-state index in [0.717, 1.165) is 40.5 Å². The molecule has 2 heterocycles. The van der Waals surface area contributed by atoms with E-state index in [0.29, 0.717) is 11.3 Å². The molecule has 1 unspecified atom stereocenters. The second kappa shape index (κ2) is 9.14. The molecule has 1 atom stereocenters. The number of carbonyl (C=O) groups excluding carboxylic acids is 3. The Morgan fingerprint density at radius 1 is 1.09 bits per heavy atom. The minimum Gasteiger partial charge on any atom is -0.507 e. The number of aryl methyl sites for hydroxylation is 1. The van der Waals surface area contributed by atoms with Gasteiger partial charge in [0, 0.05) is 5.56 Å². The number of Topliss-reactive ketones (excluding diaryl/α,β-unsaturated/α-hetero) is 1. The van der Waals surface area contributed by atoms with Crippen molar-refractivity contribution < 1.29 is 33.0 Å². The predicted octanol–water partition coefficient (Wildman–Crippen LogP) is 4.53. The number of ketones is 1. The van der Waals surface area contributed by atoms with Crippen LogP contribution in [0.3, 0.4) is 0 Å². The Balaban J connectivity index is 1.90. The first-order valence-corrected chi connectivity index (χ1v) is 11.0. The monoisotopic (exact) mass is 484 g/mol. The summed E-state index contributed by atoms with van der Waals surface area (Å²) >= 11 is 0.863. The molecule has 1 fully saturated rings. The Hall–Kier alpha value is -3.92. The second-order valence-corrected chi connectivity index (χ2v) is 8.34. The number of rotatable bonds is 5. The molecule has 1 saturated heterocycles. The summed E-state index contributed by atoms with van der Waals surface area (Å²) in [7, 11) is 0. The predicted molar refractivity (Wildman–Crippen MR) is 120 cm³/mol. The van der Waals surface area contributed by atoms with Gasteiger partial charge in [-0.2, -0.15) is 0 Å². The largest absolute Gasteiger partial charge is 0.507 e. The average molecular weight is 484 g/mol. The molecular weight excluding hydrogens is 466 g/mol. The van der Waals surface area contributed by atoms with Gasteiger partial charge in [-0.3, -0.25) is 14.5 Å². The Labute approximate surface area is 196 Å². The molecule has 1 aromatic heterocycles. The molecular formula is C24H18F2N2O5S. The Kier molecular flexibility index (Phi) is 6.25. The summed E-state index contributed by atoms with van der Waals surface area (Å²) in [5, 5.41) is 11.0. The number of aromatic nitrogens is 1. The fraction of sp³-hybridized carbons (Fsp3) is 0.167. The first kappa shape index (κ1) is 23.2. The SMILES string of the molecule is CCOC(=O)c1sc(N2C(=O)C(=O)/C(=C(/O)c3ccc(F)cc3)C2c2ccc(F)cc2)nc1C. The number of benzene rings is 2. The van der Waals surface area contributed by atoms with Gasteiger partial charge in [-0.25, -0.2) is 18.6 Å². The van der Waals surface area contributed by atoms with Crippen LogP contribution in [0.1, 0.15) is 39.5 Å². The van der Waals surface area contributed by atoms with E-state index >= 15 is 0 Å². The van der Waals surface area contributed by atoms with Crippen LogP contribution in [0.4, 0.5) is 13.9 Å². The molecule has 0 spiro atoms. The highest BCUT2D eigenvalue weighted by Gasteiger charge is 2.48. The molecule has 2 aromatic carbocycles. The minimum atomic E-state index is -1.16. The molecule has 0 radical (unpaired) electrons. The van der Waals surface area contributed by atoms with Crippen molar-refractivity contribution in [3.8, 4) is 0 Å². The van der Waals surface area contributed by atoms with Crippen molar-refractivity contribution in [2.75, 3.05) is 11.5 Å². The van der Waals surface area contributed by atoms with E-state index in [-0.39, 0.29) is 27.8 Å². The molecule has 1 aliphatic heterocycles. The van der Waals surface area contributed by atoms with Crippen molar-refractivity contribution in [3.05, 3.63) is 87.4 Å². The topological polar surface area (TPSA) is 96.8 Å². The van der Waals surface area contributed by atoms with Crippen LogP contribution in [0.25, 0.3) is 5.76 Å². The number of carbonyl (C=O) groups is 3. The molecule has 1 N–H and O–H groups in total. The summed E-state index contributed by atoms with van der Waals surface area (Å²) in [4.78, 5) is 44.0. The van der Waals surface area contributed by atoms with E-state index < -0.39 is 41.1 Å². The highest BCUT2D eigenvalue weighted by atomic mass is 32.1. The van der Waals surface area contributed by atoms with Gasteiger partial charge < -0.3 is 9.84 Å². The summed E-state index contributed by atoms with van der Waals surface area (Å²) in [6, 6.07) is 8.66. The number of anilines is 1. The van der Waals surface area contributed by atoms with Crippen molar-refractivity contribution >= 4 is 39.9 Å². The van der Waals surface area contributed by atoms with Crippen molar-refractivity contribution in [1.29, 1.82) is 0 Å². The van der Waals surface area contributed by atoms with E-state index in [2.05, 4.69) is 4.98 Å². The molecule has 0 saturated carbocycles. The van der Waals surface area contributed by atoms with E-state index in [4.69, 9.17) is 4.74 Å². The maximum absolute atomic E-state index is 13.6. The molecule has 1 amide bonds. The Morgan fingerprint density at radius 3 is 2.26 bits per heavy atom. The van der Waals surface area contributed by atoms with Crippen LogP contribution in [0.5, 0.6) is 0 Å². The van der Waals surface area contributed by atoms with Crippen LogP contribution in [-0.2, 0) is 14.3 Å². The number of halogens is 2. The zero-order valence-electron chi connectivity index (χ0n) is 18.0. The third-order valence-corrected chi connectivity index (χ3v) is 6.34. The molecule has 4 rings (SSSR count). The van der Waals surface area contributed by atoms with Crippen molar-refractivity contribution in [2.45, 2.75) is 19.9 Å². The fourth-order valence-corrected chi connectivity index (χ4v) is 4.61. The Morgan fingerprint density at radius 2 is 1.68 bits per heavy atom. The van der Waals surface area contributed by atoms with E-state index in [1.54, 1.807) is 13.8 Å².